The Balaban J connectivity index is 2.26. The number of hydrogen-bond donors (Lipinski definition) is 0. The molecule has 0 atom stereocenters. The molecule has 0 N–H and O–H groups in total. The van der Waals surface area contributed by atoms with Crippen molar-refractivity contribution in [3.05, 3.63) is 69.6 Å². The lowest BCUT2D eigenvalue weighted by Gasteiger charge is -2.14. The number of halogens is 9. The smallest absolute Gasteiger partial charge is 0.449 e. The Morgan fingerprint density at radius 3 is 1.66 bits per heavy atom. The molecule has 2 nitrogen and oxygen atoms in total. The summed E-state index contributed by atoms with van der Waals surface area (Å²) in [4.78, 5) is 11.8. The van der Waals surface area contributed by atoms with Crippen LogP contribution in [0.5, 0.6) is 0 Å². The first-order valence-electron chi connectivity index (χ1n) is 7.61. The van der Waals surface area contributed by atoms with Gasteiger partial charge in [-0.1, -0.05) is 6.07 Å². The van der Waals surface area contributed by atoms with E-state index in [0.717, 1.165) is 18.2 Å². The highest BCUT2D eigenvalue weighted by Crippen LogP contribution is 2.39. The Hall–Kier alpha value is -2.98. The summed E-state index contributed by atoms with van der Waals surface area (Å²) in [5, 5.41) is -0.315. The molecule has 0 aliphatic heterocycles. The molecular formula is C18H7F9O2. The van der Waals surface area contributed by atoms with Crippen LogP contribution < -0.4 is 5.43 Å². The van der Waals surface area contributed by atoms with Crippen LogP contribution in [0.3, 0.4) is 0 Å². The second-order valence-corrected chi connectivity index (χ2v) is 5.98. The Labute approximate surface area is 155 Å². The van der Waals surface area contributed by atoms with Gasteiger partial charge < -0.3 is 4.42 Å². The molecule has 11 heteroatoms. The van der Waals surface area contributed by atoms with Gasteiger partial charge in [-0.15, -0.1) is 0 Å². The van der Waals surface area contributed by atoms with Gasteiger partial charge in [-0.2, -0.15) is 39.5 Å². The average molecular weight is 426 g/mol. The normalized spacial score (nSPS) is 13.1. The molecule has 0 fully saturated rings. The Bertz CT molecular complexity index is 1100. The van der Waals surface area contributed by atoms with Gasteiger partial charge in [-0.3, -0.25) is 4.79 Å². The molecule has 2 aromatic carbocycles. The molecular weight excluding hydrogens is 419 g/mol. The van der Waals surface area contributed by atoms with E-state index < -0.39 is 52.0 Å². The van der Waals surface area contributed by atoms with Gasteiger partial charge in [0.1, 0.15) is 5.58 Å². The fourth-order valence-corrected chi connectivity index (χ4v) is 2.60. The highest BCUT2D eigenvalue weighted by molar-refractivity contribution is 5.83. The number of alkyl halides is 9. The zero-order valence-corrected chi connectivity index (χ0v) is 13.8. The predicted octanol–water partition coefficient (Wildman–Crippen LogP) is 6.52. The van der Waals surface area contributed by atoms with Crippen LogP contribution in [0.4, 0.5) is 39.5 Å². The van der Waals surface area contributed by atoms with E-state index in [1.807, 2.05) is 0 Å². The summed E-state index contributed by atoms with van der Waals surface area (Å²) in [6.07, 6.45) is -15.2. The van der Waals surface area contributed by atoms with E-state index in [4.69, 9.17) is 0 Å². The van der Waals surface area contributed by atoms with E-state index in [9.17, 15) is 44.3 Å². The quantitative estimate of drug-likeness (QED) is 0.415. The molecule has 0 aliphatic rings. The largest absolute Gasteiger partial charge is 0.451 e. The number of fused-ring (bicyclic) bond motifs is 1. The molecule has 154 valence electrons. The van der Waals surface area contributed by atoms with Crippen molar-refractivity contribution >= 4 is 11.0 Å². The van der Waals surface area contributed by atoms with E-state index in [2.05, 4.69) is 4.42 Å². The lowest BCUT2D eigenvalue weighted by atomic mass is 9.98. The first-order chi connectivity index (χ1) is 13.2. The molecule has 3 aromatic rings. The van der Waals surface area contributed by atoms with Crippen molar-refractivity contribution in [3.8, 4) is 11.1 Å². The standard InChI is InChI=1S/C18H7F9O2/c19-16(20,21)10-3-9(4-11(6-10)17(22,23)24)8-1-2-12-13(28)7-15(18(25,26)27)29-14(12)5-8/h1-7H. The van der Waals surface area contributed by atoms with Crippen LogP contribution in [0.2, 0.25) is 0 Å². The number of rotatable bonds is 1. The van der Waals surface area contributed by atoms with Crippen LogP contribution in [0, 0.1) is 0 Å². The molecule has 0 unspecified atom stereocenters. The van der Waals surface area contributed by atoms with Crippen LogP contribution in [0.25, 0.3) is 22.1 Å². The van der Waals surface area contributed by atoms with Crippen molar-refractivity contribution in [2.75, 3.05) is 0 Å². The summed E-state index contributed by atoms with van der Waals surface area (Å²) in [5.41, 5.74) is -5.73. The van der Waals surface area contributed by atoms with Crippen LogP contribution in [0.15, 0.2) is 51.7 Å². The maximum Gasteiger partial charge on any atom is 0.449 e. The van der Waals surface area contributed by atoms with Crippen molar-refractivity contribution in [3.63, 3.8) is 0 Å². The van der Waals surface area contributed by atoms with Crippen molar-refractivity contribution in [2.24, 2.45) is 0 Å². The van der Waals surface area contributed by atoms with Crippen molar-refractivity contribution in [1.29, 1.82) is 0 Å². The molecule has 0 bridgehead atoms. The Morgan fingerprint density at radius 2 is 1.17 bits per heavy atom. The molecule has 0 saturated heterocycles. The van der Waals surface area contributed by atoms with Gasteiger partial charge in [0, 0.05) is 6.07 Å². The molecule has 3 rings (SSSR count). The number of benzene rings is 2. The average Bonchev–Trinajstić information content (AvgIpc) is 2.58. The zero-order chi connectivity index (χ0) is 21.8. The SMILES string of the molecule is O=c1cc(C(F)(F)F)oc2cc(-c3cc(C(F)(F)F)cc(C(F)(F)F)c3)ccc12. The molecule has 0 amide bonds. The zero-order valence-electron chi connectivity index (χ0n) is 13.8. The fourth-order valence-electron chi connectivity index (χ4n) is 2.60. The van der Waals surface area contributed by atoms with E-state index in [1.54, 1.807) is 0 Å². The van der Waals surface area contributed by atoms with Crippen LogP contribution >= 0.6 is 0 Å². The van der Waals surface area contributed by atoms with E-state index in [-0.39, 0.29) is 23.1 Å². The Kier molecular flexibility index (Phi) is 4.67. The van der Waals surface area contributed by atoms with Crippen molar-refractivity contribution in [2.45, 2.75) is 18.5 Å². The summed E-state index contributed by atoms with van der Waals surface area (Å²) < 4.78 is 121. The Morgan fingerprint density at radius 1 is 0.621 bits per heavy atom. The maximum absolute atomic E-state index is 13.0. The summed E-state index contributed by atoms with van der Waals surface area (Å²) in [7, 11) is 0. The third-order valence-corrected chi connectivity index (χ3v) is 3.93. The van der Waals surface area contributed by atoms with Crippen LogP contribution in [0.1, 0.15) is 16.9 Å². The van der Waals surface area contributed by atoms with Gasteiger partial charge in [0.25, 0.3) is 0 Å². The van der Waals surface area contributed by atoms with Gasteiger partial charge in [-0.05, 0) is 41.5 Å². The van der Waals surface area contributed by atoms with Gasteiger partial charge in [-0.25, -0.2) is 0 Å². The highest BCUT2D eigenvalue weighted by Gasteiger charge is 2.37. The third kappa shape index (κ3) is 4.22. The monoisotopic (exact) mass is 426 g/mol. The minimum Gasteiger partial charge on any atom is -0.451 e. The maximum atomic E-state index is 13.0. The first-order valence-corrected chi connectivity index (χ1v) is 7.61. The van der Waals surface area contributed by atoms with Gasteiger partial charge >= 0.3 is 18.5 Å². The van der Waals surface area contributed by atoms with E-state index in [0.29, 0.717) is 12.1 Å². The van der Waals surface area contributed by atoms with Crippen molar-refractivity contribution in [1.82, 2.24) is 0 Å². The molecule has 29 heavy (non-hydrogen) atoms. The van der Waals surface area contributed by atoms with Crippen LogP contribution in [-0.2, 0) is 18.5 Å². The molecule has 1 aromatic heterocycles. The predicted molar refractivity (Wildman–Crippen MR) is 82.9 cm³/mol. The van der Waals surface area contributed by atoms with Crippen LogP contribution in [-0.4, -0.2) is 0 Å². The number of hydrogen-bond acceptors (Lipinski definition) is 2. The van der Waals surface area contributed by atoms with E-state index in [1.165, 1.54) is 0 Å². The third-order valence-electron chi connectivity index (χ3n) is 3.93. The van der Waals surface area contributed by atoms with E-state index >= 15 is 0 Å². The molecule has 0 aliphatic carbocycles. The fraction of sp³-hybridized carbons (Fsp3) is 0.167. The first kappa shape index (κ1) is 20.7. The molecule has 0 radical (unpaired) electrons. The summed E-state index contributed by atoms with van der Waals surface area (Å²) in [6, 6.07) is 3.72. The molecule has 0 spiro atoms. The summed E-state index contributed by atoms with van der Waals surface area (Å²) >= 11 is 0. The second kappa shape index (κ2) is 6.53. The molecule has 1 heterocycles. The lowest BCUT2D eigenvalue weighted by Crippen LogP contribution is -2.11. The highest BCUT2D eigenvalue weighted by atomic mass is 19.4. The minimum atomic E-state index is -5.09. The van der Waals surface area contributed by atoms with Gasteiger partial charge in [0.05, 0.1) is 16.5 Å². The van der Waals surface area contributed by atoms with Gasteiger partial charge in [0.15, 0.2) is 5.43 Å². The lowest BCUT2D eigenvalue weighted by molar-refractivity contribution is -0.153. The minimum absolute atomic E-state index is 0.0770. The topological polar surface area (TPSA) is 30.2 Å². The second-order valence-electron chi connectivity index (χ2n) is 5.98. The summed E-state index contributed by atoms with van der Waals surface area (Å²) in [6.45, 7) is 0. The van der Waals surface area contributed by atoms with Crippen molar-refractivity contribution < 1.29 is 43.9 Å². The van der Waals surface area contributed by atoms with Gasteiger partial charge in [0.2, 0.25) is 5.76 Å². The molecule has 0 saturated carbocycles. The summed E-state index contributed by atoms with van der Waals surface area (Å²) in [5.74, 6) is -1.65.